The number of nitrogens with two attached hydrogens (primary N) is 1. The molecule has 2 aromatic heterocycles. The molecule has 1 unspecified atom stereocenters. The van der Waals surface area contributed by atoms with Crippen LogP contribution in [0.3, 0.4) is 0 Å². The summed E-state index contributed by atoms with van der Waals surface area (Å²) in [5.74, 6) is -0.0194. The van der Waals surface area contributed by atoms with Gasteiger partial charge in [-0.1, -0.05) is 23.2 Å². The summed E-state index contributed by atoms with van der Waals surface area (Å²) in [6, 6.07) is 4.37. The number of pyridine rings is 1. The molecule has 0 saturated carbocycles. The van der Waals surface area contributed by atoms with E-state index in [1.54, 1.807) is 30.1 Å². The van der Waals surface area contributed by atoms with Gasteiger partial charge in [-0.2, -0.15) is 0 Å². The van der Waals surface area contributed by atoms with Gasteiger partial charge in [-0.25, -0.2) is 14.4 Å². The predicted molar refractivity (Wildman–Crippen MR) is 96.0 cm³/mol. The first kappa shape index (κ1) is 17.5. The summed E-state index contributed by atoms with van der Waals surface area (Å²) in [5.41, 5.74) is 7.85. The number of aryl methyl sites for hydroxylation is 1. The van der Waals surface area contributed by atoms with Crippen molar-refractivity contribution in [2.45, 2.75) is 20.0 Å². The molecule has 0 saturated heterocycles. The molecule has 0 bridgehead atoms. The Morgan fingerprint density at radius 2 is 2.04 bits per heavy atom. The number of imidazole rings is 1. The van der Waals surface area contributed by atoms with Gasteiger partial charge in [0.2, 0.25) is 0 Å². The van der Waals surface area contributed by atoms with Crippen LogP contribution in [-0.2, 0) is 0 Å². The second kappa shape index (κ2) is 6.90. The summed E-state index contributed by atoms with van der Waals surface area (Å²) < 4.78 is 21.4. The van der Waals surface area contributed by atoms with Crippen molar-refractivity contribution in [2.75, 3.05) is 5.73 Å². The molecule has 0 spiro atoms. The summed E-state index contributed by atoms with van der Waals surface area (Å²) in [7, 11) is 0. The number of hydrogen-bond acceptors (Lipinski definition) is 4. The van der Waals surface area contributed by atoms with Gasteiger partial charge in [-0.3, -0.25) is 0 Å². The van der Waals surface area contributed by atoms with E-state index < -0.39 is 11.9 Å². The monoisotopic (exact) mass is 380 g/mol. The Hall–Kier alpha value is -2.31. The van der Waals surface area contributed by atoms with Gasteiger partial charge in [0.15, 0.2) is 11.6 Å². The molecule has 25 heavy (non-hydrogen) atoms. The summed E-state index contributed by atoms with van der Waals surface area (Å²) in [6.07, 6.45) is 4.49. The Morgan fingerprint density at radius 1 is 1.28 bits per heavy atom. The molecule has 8 heteroatoms. The fourth-order valence-electron chi connectivity index (χ4n) is 2.41. The summed E-state index contributed by atoms with van der Waals surface area (Å²) in [4.78, 5) is 8.31. The molecule has 0 aliphatic rings. The van der Waals surface area contributed by atoms with E-state index in [4.69, 9.17) is 33.7 Å². The van der Waals surface area contributed by atoms with Crippen LogP contribution in [0.15, 0.2) is 36.9 Å². The van der Waals surface area contributed by atoms with Gasteiger partial charge >= 0.3 is 0 Å². The molecule has 0 radical (unpaired) electrons. The van der Waals surface area contributed by atoms with E-state index in [9.17, 15) is 4.39 Å². The lowest BCUT2D eigenvalue weighted by molar-refractivity contribution is 0.227. The number of nitrogen functional groups attached to an aromatic ring is 1. The average molecular weight is 381 g/mol. The van der Waals surface area contributed by atoms with E-state index >= 15 is 0 Å². The van der Waals surface area contributed by atoms with Crippen molar-refractivity contribution in [1.82, 2.24) is 14.5 Å². The maximum atomic E-state index is 13.7. The Kier molecular flexibility index (Phi) is 4.83. The molecular weight excluding hydrogens is 366 g/mol. The van der Waals surface area contributed by atoms with E-state index in [0.29, 0.717) is 16.3 Å². The molecule has 2 heterocycles. The SMILES string of the molecule is Cc1cn(-c2cnc(N)c(OC(C)c3c(Cl)ccc(F)c3Cl)c2)cn1. The van der Waals surface area contributed by atoms with E-state index in [0.717, 1.165) is 11.4 Å². The van der Waals surface area contributed by atoms with Gasteiger partial charge in [0, 0.05) is 22.8 Å². The Balaban J connectivity index is 1.94. The number of rotatable bonds is 4. The van der Waals surface area contributed by atoms with Gasteiger partial charge in [0.25, 0.3) is 0 Å². The van der Waals surface area contributed by atoms with Crippen LogP contribution in [-0.4, -0.2) is 14.5 Å². The summed E-state index contributed by atoms with van der Waals surface area (Å²) in [6.45, 7) is 3.59. The molecule has 1 atom stereocenters. The van der Waals surface area contributed by atoms with E-state index in [-0.39, 0.29) is 10.8 Å². The number of hydrogen-bond donors (Lipinski definition) is 1. The molecule has 130 valence electrons. The maximum Gasteiger partial charge on any atom is 0.166 e. The number of benzene rings is 1. The molecule has 0 fully saturated rings. The van der Waals surface area contributed by atoms with E-state index in [2.05, 4.69) is 9.97 Å². The highest BCUT2D eigenvalue weighted by Gasteiger charge is 2.20. The second-order valence-corrected chi connectivity index (χ2v) is 6.30. The van der Waals surface area contributed by atoms with Crippen molar-refractivity contribution in [3.05, 3.63) is 64.0 Å². The van der Waals surface area contributed by atoms with Gasteiger partial charge in [-0.05, 0) is 26.0 Å². The van der Waals surface area contributed by atoms with Crippen LogP contribution in [0.25, 0.3) is 5.69 Å². The minimum absolute atomic E-state index is 0.0760. The lowest BCUT2D eigenvalue weighted by atomic mass is 10.1. The summed E-state index contributed by atoms with van der Waals surface area (Å²) >= 11 is 12.2. The Labute approximate surface area is 154 Å². The van der Waals surface area contributed by atoms with Crippen molar-refractivity contribution in [2.24, 2.45) is 0 Å². The lowest BCUT2D eigenvalue weighted by Gasteiger charge is -2.19. The van der Waals surface area contributed by atoms with Gasteiger partial charge in [-0.15, -0.1) is 0 Å². The molecule has 3 rings (SSSR count). The summed E-state index contributed by atoms with van der Waals surface area (Å²) in [5, 5.41) is 0.236. The van der Waals surface area contributed by atoms with Crippen LogP contribution in [0, 0.1) is 12.7 Å². The molecule has 0 aliphatic heterocycles. The largest absolute Gasteiger partial charge is 0.482 e. The van der Waals surface area contributed by atoms with Gasteiger partial charge < -0.3 is 15.0 Å². The number of ether oxygens (including phenoxy) is 1. The zero-order valence-corrected chi connectivity index (χ0v) is 15.0. The normalized spacial score (nSPS) is 12.2. The third-order valence-electron chi connectivity index (χ3n) is 3.67. The topological polar surface area (TPSA) is 66.0 Å². The molecule has 5 nitrogen and oxygen atoms in total. The molecule has 0 aliphatic carbocycles. The average Bonchev–Trinajstić information content (AvgIpc) is 3.00. The Morgan fingerprint density at radius 3 is 2.72 bits per heavy atom. The fraction of sp³-hybridized carbons (Fsp3) is 0.176. The van der Waals surface area contributed by atoms with Crippen LogP contribution in [0.4, 0.5) is 10.2 Å². The Bertz CT molecular complexity index is 929. The third-order valence-corrected chi connectivity index (χ3v) is 4.38. The number of halogens is 3. The minimum Gasteiger partial charge on any atom is -0.482 e. The zero-order valence-electron chi connectivity index (χ0n) is 13.5. The highest BCUT2D eigenvalue weighted by atomic mass is 35.5. The molecule has 2 N–H and O–H groups in total. The molecule has 0 amide bonds. The van der Waals surface area contributed by atoms with Crippen LogP contribution in [0.2, 0.25) is 10.0 Å². The van der Waals surface area contributed by atoms with Crippen molar-refractivity contribution < 1.29 is 9.13 Å². The second-order valence-electron chi connectivity index (χ2n) is 5.52. The smallest absolute Gasteiger partial charge is 0.166 e. The number of aromatic nitrogens is 3. The molecular formula is C17H15Cl2FN4O. The molecule has 3 aromatic rings. The van der Waals surface area contributed by atoms with Crippen molar-refractivity contribution >= 4 is 29.0 Å². The highest BCUT2D eigenvalue weighted by molar-refractivity contribution is 6.36. The van der Waals surface area contributed by atoms with Gasteiger partial charge in [0.05, 0.1) is 28.9 Å². The van der Waals surface area contributed by atoms with E-state index in [1.165, 1.54) is 12.1 Å². The quantitative estimate of drug-likeness (QED) is 0.663. The van der Waals surface area contributed by atoms with Gasteiger partial charge in [0.1, 0.15) is 11.9 Å². The van der Waals surface area contributed by atoms with Crippen molar-refractivity contribution in [1.29, 1.82) is 0 Å². The maximum absolute atomic E-state index is 13.7. The van der Waals surface area contributed by atoms with Crippen LogP contribution < -0.4 is 10.5 Å². The first-order valence-corrected chi connectivity index (χ1v) is 8.19. The van der Waals surface area contributed by atoms with Crippen LogP contribution >= 0.6 is 23.2 Å². The minimum atomic E-state index is -0.625. The third kappa shape index (κ3) is 3.55. The first-order chi connectivity index (χ1) is 11.9. The number of anilines is 1. The predicted octanol–water partition coefficient (Wildman–Crippen LogP) is 4.74. The highest BCUT2D eigenvalue weighted by Crippen LogP contribution is 2.36. The molecule has 1 aromatic carbocycles. The van der Waals surface area contributed by atoms with Crippen LogP contribution in [0.5, 0.6) is 5.75 Å². The fourth-order valence-corrected chi connectivity index (χ4v) is 3.09. The van der Waals surface area contributed by atoms with Crippen molar-refractivity contribution in [3.63, 3.8) is 0 Å². The first-order valence-electron chi connectivity index (χ1n) is 7.43. The zero-order chi connectivity index (χ0) is 18.1. The van der Waals surface area contributed by atoms with Crippen LogP contribution in [0.1, 0.15) is 24.3 Å². The standard InChI is InChI=1S/C17H15Cl2FN4O/c1-9-7-24(8-23-9)11-5-14(17(21)22-6-11)25-10(2)15-12(18)3-4-13(20)16(15)19/h3-8,10H,1-2H3,(H2,21,22). The number of nitrogens with zero attached hydrogens (tertiary/aromatic N) is 3. The lowest BCUT2D eigenvalue weighted by Crippen LogP contribution is -2.08. The van der Waals surface area contributed by atoms with Crippen molar-refractivity contribution in [3.8, 4) is 11.4 Å². The van der Waals surface area contributed by atoms with E-state index in [1.807, 2.05) is 13.1 Å².